The minimum Gasteiger partial charge on any atom is -0.490 e. The van der Waals surface area contributed by atoms with Crippen LogP contribution in [0.15, 0.2) is 18.2 Å². The molecule has 1 aliphatic rings. The minimum atomic E-state index is -0.103. The van der Waals surface area contributed by atoms with Crippen LogP contribution in [0.25, 0.3) is 0 Å². The number of unbranched alkanes of at least 4 members (excludes halogenated alkanes) is 1. The van der Waals surface area contributed by atoms with Crippen LogP contribution >= 0.6 is 0 Å². The Morgan fingerprint density at radius 1 is 1.30 bits per heavy atom. The van der Waals surface area contributed by atoms with Gasteiger partial charge in [0.2, 0.25) is 0 Å². The molecule has 5 heteroatoms. The molecular weight excluding hydrogens is 292 g/mol. The average Bonchev–Trinajstić information content (AvgIpc) is 3.39. The molecule has 3 N–H and O–H groups in total. The van der Waals surface area contributed by atoms with Gasteiger partial charge in [0.25, 0.3) is 5.91 Å². The molecule has 1 unspecified atom stereocenters. The SMILES string of the molecule is CCCCOc1ccc(C(=O)NC(CN)C2CC2)cc1OCC. The van der Waals surface area contributed by atoms with E-state index >= 15 is 0 Å². The lowest BCUT2D eigenvalue weighted by molar-refractivity contribution is 0.0933. The van der Waals surface area contributed by atoms with Crippen molar-refractivity contribution in [3.05, 3.63) is 23.8 Å². The molecule has 1 aromatic rings. The number of benzene rings is 1. The van der Waals surface area contributed by atoms with Gasteiger partial charge in [0, 0.05) is 18.2 Å². The van der Waals surface area contributed by atoms with Gasteiger partial charge in [0.1, 0.15) is 0 Å². The highest BCUT2D eigenvalue weighted by Crippen LogP contribution is 2.33. The molecule has 1 saturated carbocycles. The number of carbonyl (C=O) groups is 1. The van der Waals surface area contributed by atoms with Gasteiger partial charge < -0.3 is 20.5 Å². The average molecular weight is 320 g/mol. The van der Waals surface area contributed by atoms with E-state index in [1.54, 1.807) is 12.1 Å². The molecule has 0 aliphatic heterocycles. The van der Waals surface area contributed by atoms with Crippen molar-refractivity contribution in [1.29, 1.82) is 0 Å². The summed E-state index contributed by atoms with van der Waals surface area (Å²) in [5.74, 6) is 1.74. The molecule has 0 radical (unpaired) electrons. The van der Waals surface area contributed by atoms with Gasteiger partial charge in [-0.3, -0.25) is 4.79 Å². The third-order valence-corrected chi connectivity index (χ3v) is 4.02. The van der Waals surface area contributed by atoms with Crippen LogP contribution in [0, 0.1) is 5.92 Å². The number of rotatable bonds is 10. The molecule has 2 rings (SSSR count). The van der Waals surface area contributed by atoms with Crippen molar-refractivity contribution in [2.45, 2.75) is 45.6 Å². The molecule has 0 heterocycles. The zero-order chi connectivity index (χ0) is 16.7. The maximum absolute atomic E-state index is 12.4. The second-order valence-corrected chi connectivity index (χ2v) is 5.95. The van der Waals surface area contributed by atoms with Crippen LogP contribution in [0.5, 0.6) is 11.5 Å². The molecule has 1 aliphatic carbocycles. The summed E-state index contributed by atoms with van der Waals surface area (Å²) in [6.45, 7) is 5.70. The molecule has 23 heavy (non-hydrogen) atoms. The summed E-state index contributed by atoms with van der Waals surface area (Å²) in [5.41, 5.74) is 6.33. The first kappa shape index (κ1) is 17.6. The highest BCUT2D eigenvalue weighted by molar-refractivity contribution is 5.95. The smallest absolute Gasteiger partial charge is 0.251 e. The van der Waals surface area contributed by atoms with E-state index < -0.39 is 0 Å². The fourth-order valence-corrected chi connectivity index (χ4v) is 2.48. The molecular formula is C18H28N2O3. The molecule has 0 bridgehead atoms. The third-order valence-electron chi connectivity index (χ3n) is 4.02. The predicted octanol–water partition coefficient (Wildman–Crippen LogP) is 2.73. The van der Waals surface area contributed by atoms with Crippen LogP contribution in [-0.4, -0.2) is 31.7 Å². The summed E-state index contributed by atoms with van der Waals surface area (Å²) >= 11 is 0. The van der Waals surface area contributed by atoms with Crippen molar-refractivity contribution in [1.82, 2.24) is 5.32 Å². The van der Waals surface area contributed by atoms with E-state index in [4.69, 9.17) is 15.2 Å². The van der Waals surface area contributed by atoms with Gasteiger partial charge in [-0.1, -0.05) is 13.3 Å². The predicted molar refractivity (Wildman–Crippen MR) is 91.0 cm³/mol. The minimum absolute atomic E-state index is 0.0681. The third kappa shape index (κ3) is 5.13. The van der Waals surface area contributed by atoms with Crippen molar-refractivity contribution in [2.75, 3.05) is 19.8 Å². The van der Waals surface area contributed by atoms with Gasteiger partial charge in [-0.15, -0.1) is 0 Å². The van der Waals surface area contributed by atoms with Crippen LogP contribution in [0.1, 0.15) is 49.9 Å². The Kier molecular flexibility index (Phi) is 6.71. The van der Waals surface area contributed by atoms with Gasteiger partial charge in [-0.2, -0.15) is 0 Å². The maximum atomic E-state index is 12.4. The largest absolute Gasteiger partial charge is 0.490 e. The van der Waals surface area contributed by atoms with Crippen LogP contribution in [-0.2, 0) is 0 Å². The first-order valence-corrected chi connectivity index (χ1v) is 8.60. The van der Waals surface area contributed by atoms with Gasteiger partial charge in [0.05, 0.1) is 13.2 Å². The fraction of sp³-hybridized carbons (Fsp3) is 0.611. The number of ether oxygens (including phenoxy) is 2. The summed E-state index contributed by atoms with van der Waals surface area (Å²) in [5, 5.41) is 3.03. The van der Waals surface area contributed by atoms with Crippen LogP contribution in [0.3, 0.4) is 0 Å². The summed E-state index contributed by atoms with van der Waals surface area (Å²) in [7, 11) is 0. The van der Waals surface area contributed by atoms with Crippen LogP contribution in [0.2, 0.25) is 0 Å². The molecule has 1 fully saturated rings. The van der Waals surface area contributed by atoms with Crippen LogP contribution in [0.4, 0.5) is 0 Å². The number of carbonyl (C=O) groups excluding carboxylic acids is 1. The molecule has 0 spiro atoms. The lowest BCUT2D eigenvalue weighted by Crippen LogP contribution is -2.41. The van der Waals surface area contributed by atoms with Gasteiger partial charge in [-0.05, 0) is 50.3 Å². The lowest BCUT2D eigenvalue weighted by Gasteiger charge is -2.17. The molecule has 0 saturated heterocycles. The second kappa shape index (κ2) is 8.77. The molecule has 1 aromatic carbocycles. The van der Waals surface area contributed by atoms with E-state index in [1.165, 1.54) is 0 Å². The van der Waals surface area contributed by atoms with Gasteiger partial charge in [-0.25, -0.2) is 0 Å². The van der Waals surface area contributed by atoms with Crippen LogP contribution < -0.4 is 20.5 Å². The monoisotopic (exact) mass is 320 g/mol. The number of nitrogens with two attached hydrogens (primary N) is 1. The Morgan fingerprint density at radius 2 is 2.09 bits per heavy atom. The summed E-state index contributed by atoms with van der Waals surface area (Å²) in [4.78, 5) is 12.4. The van der Waals surface area contributed by atoms with Crippen molar-refractivity contribution in [3.8, 4) is 11.5 Å². The Bertz CT molecular complexity index is 515. The molecule has 128 valence electrons. The van der Waals surface area contributed by atoms with E-state index in [1.807, 2.05) is 13.0 Å². The fourth-order valence-electron chi connectivity index (χ4n) is 2.48. The molecule has 0 aromatic heterocycles. The van der Waals surface area contributed by atoms with Gasteiger partial charge >= 0.3 is 0 Å². The van der Waals surface area contributed by atoms with Crippen molar-refractivity contribution >= 4 is 5.91 Å². The maximum Gasteiger partial charge on any atom is 0.251 e. The Morgan fingerprint density at radius 3 is 2.70 bits per heavy atom. The first-order chi connectivity index (χ1) is 11.2. The van der Waals surface area contributed by atoms with E-state index in [2.05, 4.69) is 12.2 Å². The zero-order valence-electron chi connectivity index (χ0n) is 14.1. The quantitative estimate of drug-likeness (QED) is 0.650. The second-order valence-electron chi connectivity index (χ2n) is 5.95. The normalized spacial score (nSPS) is 15.1. The topological polar surface area (TPSA) is 73.6 Å². The van der Waals surface area contributed by atoms with Crippen molar-refractivity contribution in [2.24, 2.45) is 11.7 Å². The highest BCUT2D eigenvalue weighted by atomic mass is 16.5. The molecule has 1 atom stereocenters. The van der Waals surface area contributed by atoms with E-state index in [0.717, 1.165) is 25.7 Å². The number of nitrogens with one attached hydrogen (secondary N) is 1. The molecule has 5 nitrogen and oxygen atoms in total. The standard InChI is InChI=1S/C18H28N2O3/c1-3-5-10-23-16-9-8-14(11-17(16)22-4-2)18(21)20-15(12-19)13-6-7-13/h8-9,11,13,15H,3-7,10,12,19H2,1-2H3,(H,20,21). The zero-order valence-corrected chi connectivity index (χ0v) is 14.1. The van der Waals surface area contributed by atoms with E-state index in [0.29, 0.717) is 42.7 Å². The first-order valence-electron chi connectivity index (χ1n) is 8.60. The van der Waals surface area contributed by atoms with Crippen molar-refractivity contribution < 1.29 is 14.3 Å². The Balaban J connectivity index is 2.05. The highest BCUT2D eigenvalue weighted by Gasteiger charge is 2.31. The van der Waals surface area contributed by atoms with E-state index in [-0.39, 0.29) is 11.9 Å². The van der Waals surface area contributed by atoms with Gasteiger partial charge in [0.15, 0.2) is 11.5 Å². The summed E-state index contributed by atoms with van der Waals surface area (Å²) < 4.78 is 11.4. The number of hydrogen-bond acceptors (Lipinski definition) is 4. The Labute approximate surface area is 138 Å². The summed E-state index contributed by atoms with van der Waals surface area (Å²) in [6.07, 6.45) is 4.37. The summed E-state index contributed by atoms with van der Waals surface area (Å²) in [6, 6.07) is 5.41. The number of amides is 1. The lowest BCUT2D eigenvalue weighted by atomic mass is 10.1. The van der Waals surface area contributed by atoms with Crippen molar-refractivity contribution in [3.63, 3.8) is 0 Å². The molecule has 1 amide bonds. The Hall–Kier alpha value is -1.75. The van der Waals surface area contributed by atoms with E-state index in [9.17, 15) is 4.79 Å². The number of hydrogen-bond donors (Lipinski definition) is 2.